The van der Waals surface area contributed by atoms with Crippen molar-refractivity contribution in [3.8, 4) is 6.07 Å². The van der Waals surface area contributed by atoms with Gasteiger partial charge in [-0.15, -0.1) is 0 Å². The number of nitrogens with one attached hydrogen (secondary N) is 1. The molecule has 0 amide bonds. The van der Waals surface area contributed by atoms with Gasteiger partial charge in [0.15, 0.2) is 0 Å². The quantitative estimate of drug-likeness (QED) is 0.858. The second kappa shape index (κ2) is 5.48. The topological polar surface area (TPSA) is 35.8 Å². The van der Waals surface area contributed by atoms with Crippen LogP contribution in [0.15, 0.2) is 24.3 Å². The summed E-state index contributed by atoms with van der Waals surface area (Å²) < 4.78 is 0. The summed E-state index contributed by atoms with van der Waals surface area (Å²) in [5, 5.41) is 12.4. The van der Waals surface area contributed by atoms with Crippen molar-refractivity contribution in [1.82, 2.24) is 0 Å². The van der Waals surface area contributed by atoms with Gasteiger partial charge in [0.2, 0.25) is 0 Å². The lowest BCUT2D eigenvalue weighted by molar-refractivity contribution is 0.105. The molecule has 1 aromatic carbocycles. The fourth-order valence-corrected chi connectivity index (χ4v) is 3.99. The van der Waals surface area contributed by atoms with E-state index in [-0.39, 0.29) is 0 Å². The number of rotatable bonds is 3. The first-order chi connectivity index (χ1) is 9.30. The van der Waals surface area contributed by atoms with Gasteiger partial charge in [0, 0.05) is 11.7 Å². The molecule has 2 rings (SSSR count). The maximum Gasteiger partial charge on any atom is 0.0669 e. The summed E-state index contributed by atoms with van der Waals surface area (Å²) in [7, 11) is 0. The zero-order valence-electron chi connectivity index (χ0n) is 13.2. The Bertz CT molecular complexity index is 475. The third kappa shape index (κ3) is 4.00. The summed E-state index contributed by atoms with van der Waals surface area (Å²) in [6.07, 6.45) is 4.22. The Hall–Kier alpha value is -1.49. The molecule has 0 bridgehead atoms. The lowest BCUT2D eigenvalue weighted by atomic mass is 9.63. The first-order valence-electron chi connectivity index (χ1n) is 7.52. The monoisotopic (exact) mass is 270 g/mol. The van der Waals surface area contributed by atoms with Gasteiger partial charge in [-0.3, -0.25) is 0 Å². The molecule has 2 nitrogen and oxygen atoms in total. The Balaban J connectivity index is 2.04. The predicted molar refractivity (Wildman–Crippen MR) is 84.6 cm³/mol. The van der Waals surface area contributed by atoms with Crippen LogP contribution >= 0.6 is 0 Å². The molecule has 0 aliphatic heterocycles. The average Bonchev–Trinajstić information content (AvgIpc) is 2.28. The Morgan fingerprint density at radius 3 is 2.15 bits per heavy atom. The summed E-state index contributed by atoms with van der Waals surface area (Å²) in [6, 6.07) is 11.0. The number of anilines is 1. The molecule has 1 aliphatic carbocycles. The summed E-state index contributed by atoms with van der Waals surface area (Å²) in [6.45, 7) is 9.49. The van der Waals surface area contributed by atoms with Crippen LogP contribution in [0.3, 0.4) is 0 Å². The van der Waals surface area contributed by atoms with Crippen molar-refractivity contribution in [2.75, 3.05) is 5.32 Å². The van der Waals surface area contributed by atoms with Crippen LogP contribution in [0, 0.1) is 22.2 Å². The van der Waals surface area contributed by atoms with E-state index < -0.39 is 0 Å². The predicted octanol–water partition coefficient (Wildman–Crippen LogP) is 4.77. The lowest BCUT2D eigenvalue weighted by Crippen LogP contribution is -2.40. The van der Waals surface area contributed by atoms with Gasteiger partial charge >= 0.3 is 0 Å². The highest BCUT2D eigenvalue weighted by atomic mass is 14.9. The van der Waals surface area contributed by atoms with Crippen LogP contribution in [0.2, 0.25) is 0 Å². The molecular formula is C18H26N2. The Kier molecular flexibility index (Phi) is 4.09. The SMILES string of the molecule is CC1(C)CC(Nc2ccc(CC#N)cc2)CC(C)(C)C1. The van der Waals surface area contributed by atoms with E-state index in [1.807, 2.05) is 12.1 Å². The van der Waals surface area contributed by atoms with E-state index >= 15 is 0 Å². The van der Waals surface area contributed by atoms with Crippen LogP contribution in [0.5, 0.6) is 0 Å². The van der Waals surface area contributed by atoms with Crippen LogP contribution in [0.25, 0.3) is 0 Å². The maximum atomic E-state index is 8.70. The minimum atomic E-state index is 0.403. The van der Waals surface area contributed by atoms with Crippen molar-refractivity contribution in [2.24, 2.45) is 10.8 Å². The highest BCUT2D eigenvalue weighted by Crippen LogP contribution is 2.46. The van der Waals surface area contributed by atoms with Crippen molar-refractivity contribution < 1.29 is 0 Å². The van der Waals surface area contributed by atoms with Crippen molar-refractivity contribution >= 4 is 5.69 Å². The van der Waals surface area contributed by atoms with Gasteiger partial charge in [-0.2, -0.15) is 5.26 Å². The summed E-state index contributed by atoms with van der Waals surface area (Å²) in [4.78, 5) is 0. The summed E-state index contributed by atoms with van der Waals surface area (Å²) >= 11 is 0. The molecule has 1 aliphatic rings. The van der Waals surface area contributed by atoms with E-state index in [2.05, 4.69) is 51.2 Å². The van der Waals surface area contributed by atoms with Gasteiger partial charge in [0.05, 0.1) is 12.5 Å². The molecule has 108 valence electrons. The van der Waals surface area contributed by atoms with Crippen molar-refractivity contribution in [1.29, 1.82) is 5.26 Å². The molecule has 0 heterocycles. The first-order valence-corrected chi connectivity index (χ1v) is 7.52. The molecule has 1 aromatic rings. The van der Waals surface area contributed by atoms with Crippen molar-refractivity contribution in [3.63, 3.8) is 0 Å². The molecule has 0 spiro atoms. The van der Waals surface area contributed by atoms with E-state index in [0.717, 1.165) is 5.56 Å². The third-order valence-corrected chi connectivity index (χ3v) is 4.16. The molecule has 0 saturated heterocycles. The number of benzene rings is 1. The second-order valence-electron chi connectivity index (χ2n) is 7.79. The molecular weight excluding hydrogens is 244 g/mol. The summed E-state index contributed by atoms with van der Waals surface area (Å²) in [5.41, 5.74) is 3.06. The Morgan fingerprint density at radius 1 is 1.10 bits per heavy atom. The van der Waals surface area contributed by atoms with E-state index in [0.29, 0.717) is 23.3 Å². The number of nitrogens with zero attached hydrogens (tertiary/aromatic N) is 1. The molecule has 1 N–H and O–H groups in total. The van der Waals surface area contributed by atoms with Gasteiger partial charge < -0.3 is 5.32 Å². The van der Waals surface area contributed by atoms with E-state index in [4.69, 9.17) is 5.26 Å². The molecule has 0 aromatic heterocycles. The molecule has 20 heavy (non-hydrogen) atoms. The third-order valence-electron chi connectivity index (χ3n) is 4.16. The van der Waals surface area contributed by atoms with Crippen molar-refractivity contribution in [3.05, 3.63) is 29.8 Å². The highest BCUT2D eigenvalue weighted by Gasteiger charge is 2.38. The molecule has 2 heteroatoms. The van der Waals surface area contributed by atoms with E-state index in [1.165, 1.54) is 24.9 Å². The normalized spacial score (nSPS) is 21.1. The minimum absolute atomic E-state index is 0.403. The van der Waals surface area contributed by atoms with Gasteiger partial charge in [0.25, 0.3) is 0 Å². The molecule has 1 fully saturated rings. The van der Waals surface area contributed by atoms with Crippen LogP contribution in [0.4, 0.5) is 5.69 Å². The van der Waals surface area contributed by atoms with Gasteiger partial charge in [-0.1, -0.05) is 39.8 Å². The Morgan fingerprint density at radius 2 is 1.65 bits per heavy atom. The minimum Gasteiger partial charge on any atom is -0.382 e. The molecule has 0 unspecified atom stereocenters. The average molecular weight is 270 g/mol. The van der Waals surface area contributed by atoms with Crippen LogP contribution < -0.4 is 5.32 Å². The fraction of sp³-hybridized carbons (Fsp3) is 0.611. The number of hydrogen-bond acceptors (Lipinski definition) is 2. The van der Waals surface area contributed by atoms with Crippen LogP contribution in [0.1, 0.15) is 52.5 Å². The largest absolute Gasteiger partial charge is 0.382 e. The second-order valence-corrected chi connectivity index (χ2v) is 7.79. The van der Waals surface area contributed by atoms with Gasteiger partial charge in [-0.25, -0.2) is 0 Å². The molecule has 0 atom stereocenters. The van der Waals surface area contributed by atoms with E-state index in [1.54, 1.807) is 0 Å². The summed E-state index contributed by atoms with van der Waals surface area (Å²) in [5.74, 6) is 0. The smallest absolute Gasteiger partial charge is 0.0669 e. The van der Waals surface area contributed by atoms with E-state index in [9.17, 15) is 0 Å². The van der Waals surface area contributed by atoms with Gasteiger partial charge in [0.1, 0.15) is 0 Å². The number of hydrogen-bond donors (Lipinski definition) is 1. The first kappa shape index (κ1) is 14.9. The fourth-order valence-electron chi connectivity index (χ4n) is 3.99. The Labute approximate surface area is 123 Å². The zero-order chi connectivity index (χ0) is 14.8. The standard InChI is InChI=1S/C18H26N2/c1-17(2)11-16(12-18(3,4)13-17)20-15-7-5-14(6-8-15)9-10-19/h5-8,16,20H,9,11-13H2,1-4H3. The molecule has 1 saturated carbocycles. The van der Waals surface area contributed by atoms with Crippen LogP contribution in [-0.2, 0) is 6.42 Å². The number of nitriles is 1. The maximum absolute atomic E-state index is 8.70. The zero-order valence-corrected chi connectivity index (χ0v) is 13.2. The lowest BCUT2D eigenvalue weighted by Gasteiger charge is -2.45. The highest BCUT2D eigenvalue weighted by molar-refractivity contribution is 5.46. The molecule has 0 radical (unpaired) electrons. The van der Waals surface area contributed by atoms with Gasteiger partial charge in [-0.05, 0) is 47.8 Å². The van der Waals surface area contributed by atoms with Crippen molar-refractivity contribution in [2.45, 2.75) is 59.4 Å². The van der Waals surface area contributed by atoms with Crippen LogP contribution in [-0.4, -0.2) is 6.04 Å².